The molecule has 1 heterocycles. The zero-order valence-electron chi connectivity index (χ0n) is 7.45. The second-order valence-electron chi connectivity index (χ2n) is 2.08. The maximum absolute atomic E-state index is 9.81. The van der Waals surface area contributed by atoms with E-state index in [-0.39, 0.29) is 11.3 Å². The third-order valence-electron chi connectivity index (χ3n) is 1.06. The minimum atomic E-state index is 0. The smallest absolute Gasteiger partial charge is 0.129 e. The van der Waals surface area contributed by atoms with Gasteiger partial charge in [-0.2, -0.15) is 0 Å². The zero-order valence-corrected chi connectivity index (χ0v) is 7.45. The molecule has 1 aromatic rings. The number of carbonyl (C=O) groups is 1. The van der Waals surface area contributed by atoms with E-state index in [1.54, 1.807) is 19.3 Å². The molecule has 12 heavy (non-hydrogen) atoms. The molecule has 3 nitrogen and oxygen atoms in total. The normalized spacial score (nSPS) is 7.17. The highest BCUT2D eigenvalue weighted by atomic mass is 16.1. The van der Waals surface area contributed by atoms with Gasteiger partial charge < -0.3 is 10.3 Å². The SMILES string of the molecule is CCC(C)=O.O.c1ccncc1. The molecule has 1 aromatic heterocycles. The van der Waals surface area contributed by atoms with E-state index in [2.05, 4.69) is 4.98 Å². The molecule has 68 valence electrons. The molecule has 0 bridgehead atoms. The highest BCUT2D eigenvalue weighted by Gasteiger charge is 1.76. The van der Waals surface area contributed by atoms with Gasteiger partial charge in [0.2, 0.25) is 0 Å². The van der Waals surface area contributed by atoms with Crippen LogP contribution in [0.15, 0.2) is 30.6 Å². The van der Waals surface area contributed by atoms with Crippen molar-refractivity contribution in [2.45, 2.75) is 20.3 Å². The maximum Gasteiger partial charge on any atom is 0.129 e. The van der Waals surface area contributed by atoms with Crippen LogP contribution >= 0.6 is 0 Å². The molecule has 0 spiro atoms. The molecule has 1 rings (SSSR count). The summed E-state index contributed by atoms with van der Waals surface area (Å²) in [5.74, 6) is 0.255. The second-order valence-corrected chi connectivity index (χ2v) is 2.08. The third-order valence-corrected chi connectivity index (χ3v) is 1.06. The third kappa shape index (κ3) is 11.6. The summed E-state index contributed by atoms with van der Waals surface area (Å²) in [5, 5.41) is 0. The first-order valence-corrected chi connectivity index (χ1v) is 3.61. The Kier molecular flexibility index (Phi) is 10.9. The number of aromatic nitrogens is 1. The van der Waals surface area contributed by atoms with Gasteiger partial charge >= 0.3 is 0 Å². The lowest BCUT2D eigenvalue weighted by atomic mass is 10.4. The number of hydrogen-bond donors (Lipinski definition) is 0. The van der Waals surface area contributed by atoms with Gasteiger partial charge in [0.15, 0.2) is 0 Å². The van der Waals surface area contributed by atoms with Crippen LogP contribution in [0.3, 0.4) is 0 Å². The Morgan fingerprint density at radius 2 is 1.67 bits per heavy atom. The second kappa shape index (κ2) is 9.78. The Morgan fingerprint density at radius 3 is 1.75 bits per heavy atom. The predicted octanol–water partition coefficient (Wildman–Crippen LogP) is 1.24. The molecule has 0 aliphatic carbocycles. The summed E-state index contributed by atoms with van der Waals surface area (Å²) in [4.78, 5) is 13.6. The Hall–Kier alpha value is -1.22. The van der Waals surface area contributed by atoms with Crippen LogP contribution in [0, 0.1) is 0 Å². The minimum Gasteiger partial charge on any atom is -0.412 e. The van der Waals surface area contributed by atoms with E-state index in [4.69, 9.17) is 0 Å². The van der Waals surface area contributed by atoms with Gasteiger partial charge in [-0.15, -0.1) is 0 Å². The fourth-order valence-electron chi connectivity index (χ4n) is 0.313. The predicted molar refractivity (Wildman–Crippen MR) is 48.8 cm³/mol. The number of nitrogens with zero attached hydrogens (tertiary/aromatic N) is 1. The van der Waals surface area contributed by atoms with Crippen LogP contribution in [0.1, 0.15) is 20.3 Å². The van der Waals surface area contributed by atoms with Crippen molar-refractivity contribution in [3.8, 4) is 0 Å². The minimum absolute atomic E-state index is 0. The average Bonchev–Trinajstić information content (AvgIpc) is 2.09. The van der Waals surface area contributed by atoms with Crippen molar-refractivity contribution in [2.24, 2.45) is 0 Å². The molecule has 0 saturated carbocycles. The topological polar surface area (TPSA) is 61.5 Å². The van der Waals surface area contributed by atoms with Crippen LogP contribution in [-0.4, -0.2) is 16.2 Å². The number of Topliss-reactive ketones (excluding diaryl/α,β-unsaturated/α-hetero) is 1. The summed E-state index contributed by atoms with van der Waals surface area (Å²) >= 11 is 0. The van der Waals surface area contributed by atoms with E-state index in [0.29, 0.717) is 6.42 Å². The lowest BCUT2D eigenvalue weighted by molar-refractivity contribution is -0.116. The van der Waals surface area contributed by atoms with Crippen molar-refractivity contribution in [3.05, 3.63) is 30.6 Å². The number of carbonyl (C=O) groups excluding carboxylic acids is 1. The number of ketones is 1. The van der Waals surface area contributed by atoms with Crippen molar-refractivity contribution in [1.82, 2.24) is 4.98 Å². The van der Waals surface area contributed by atoms with Crippen LogP contribution in [0.2, 0.25) is 0 Å². The van der Waals surface area contributed by atoms with Gasteiger partial charge in [-0.1, -0.05) is 13.0 Å². The van der Waals surface area contributed by atoms with Crippen LogP contribution < -0.4 is 0 Å². The summed E-state index contributed by atoms with van der Waals surface area (Å²) in [5.41, 5.74) is 0. The molecule has 0 radical (unpaired) electrons. The van der Waals surface area contributed by atoms with Crippen molar-refractivity contribution in [2.75, 3.05) is 0 Å². The molecule has 0 saturated heterocycles. The Labute approximate surface area is 72.8 Å². The standard InChI is InChI=1S/C5H5N.C4H8O.H2O/c1-2-4-6-5-3-1;1-3-4(2)5;/h1-5H;3H2,1-2H3;1H2. The fraction of sp³-hybridized carbons (Fsp3) is 0.333. The van der Waals surface area contributed by atoms with Crippen LogP contribution in [0.5, 0.6) is 0 Å². The van der Waals surface area contributed by atoms with Gasteiger partial charge in [0.1, 0.15) is 5.78 Å². The van der Waals surface area contributed by atoms with Crippen molar-refractivity contribution >= 4 is 5.78 Å². The molecule has 0 atom stereocenters. The molecule has 0 fully saturated rings. The molecule has 3 heteroatoms. The van der Waals surface area contributed by atoms with Gasteiger partial charge in [-0.05, 0) is 19.1 Å². The summed E-state index contributed by atoms with van der Waals surface area (Å²) in [6, 6.07) is 5.72. The molecule has 0 aliphatic rings. The number of rotatable bonds is 1. The number of hydrogen-bond acceptors (Lipinski definition) is 2. The van der Waals surface area contributed by atoms with E-state index >= 15 is 0 Å². The highest BCUT2D eigenvalue weighted by molar-refractivity contribution is 5.74. The lowest BCUT2D eigenvalue weighted by Crippen LogP contribution is -1.80. The lowest BCUT2D eigenvalue weighted by Gasteiger charge is -1.71. The van der Waals surface area contributed by atoms with E-state index < -0.39 is 0 Å². The molecule has 0 amide bonds. The first-order chi connectivity index (χ1) is 5.27. The summed E-state index contributed by atoms with van der Waals surface area (Å²) in [7, 11) is 0. The molecule has 0 unspecified atom stereocenters. The summed E-state index contributed by atoms with van der Waals surface area (Å²) < 4.78 is 0. The summed E-state index contributed by atoms with van der Waals surface area (Å²) in [6.07, 6.45) is 4.17. The Bertz CT molecular complexity index is 160. The molecule has 0 aliphatic heterocycles. The van der Waals surface area contributed by atoms with E-state index in [0.717, 1.165) is 0 Å². The average molecular weight is 169 g/mol. The summed E-state index contributed by atoms with van der Waals surface area (Å²) in [6.45, 7) is 3.43. The zero-order chi connectivity index (χ0) is 8.53. The van der Waals surface area contributed by atoms with Crippen LogP contribution in [-0.2, 0) is 4.79 Å². The fourth-order valence-corrected chi connectivity index (χ4v) is 0.313. The van der Waals surface area contributed by atoms with Gasteiger partial charge in [0.05, 0.1) is 0 Å². The van der Waals surface area contributed by atoms with Crippen LogP contribution in [0.25, 0.3) is 0 Å². The van der Waals surface area contributed by atoms with E-state index in [1.807, 2.05) is 25.1 Å². The Morgan fingerprint density at radius 1 is 1.25 bits per heavy atom. The van der Waals surface area contributed by atoms with Gasteiger partial charge in [-0.25, -0.2) is 0 Å². The first kappa shape index (κ1) is 13.4. The molecular formula is C9H15NO2. The highest BCUT2D eigenvalue weighted by Crippen LogP contribution is 1.73. The number of pyridine rings is 1. The van der Waals surface area contributed by atoms with Crippen molar-refractivity contribution in [3.63, 3.8) is 0 Å². The quantitative estimate of drug-likeness (QED) is 0.635. The van der Waals surface area contributed by atoms with Crippen LogP contribution in [0.4, 0.5) is 0 Å². The Balaban J connectivity index is 0. The van der Waals surface area contributed by atoms with Gasteiger partial charge in [0, 0.05) is 18.8 Å². The van der Waals surface area contributed by atoms with E-state index in [1.165, 1.54) is 0 Å². The first-order valence-electron chi connectivity index (χ1n) is 3.61. The van der Waals surface area contributed by atoms with Crippen molar-refractivity contribution in [1.29, 1.82) is 0 Å². The molecule has 0 aromatic carbocycles. The maximum atomic E-state index is 9.81. The molecule has 2 N–H and O–H groups in total. The molecular weight excluding hydrogens is 154 g/mol. The van der Waals surface area contributed by atoms with Gasteiger partial charge in [-0.3, -0.25) is 4.98 Å². The van der Waals surface area contributed by atoms with Gasteiger partial charge in [0.25, 0.3) is 0 Å². The van der Waals surface area contributed by atoms with E-state index in [9.17, 15) is 4.79 Å². The monoisotopic (exact) mass is 169 g/mol. The largest absolute Gasteiger partial charge is 0.412 e. The van der Waals surface area contributed by atoms with Crippen molar-refractivity contribution < 1.29 is 10.3 Å².